The third kappa shape index (κ3) is 4.31. The van der Waals surface area contributed by atoms with E-state index in [0.29, 0.717) is 18.6 Å². The maximum absolute atomic E-state index is 10.5. The van der Waals surface area contributed by atoms with Crippen LogP contribution in [-0.2, 0) is 0 Å². The number of rotatable bonds is 6. The Kier molecular flexibility index (Phi) is 6.18. The van der Waals surface area contributed by atoms with Crippen LogP contribution in [0, 0.1) is 5.92 Å². The van der Waals surface area contributed by atoms with Gasteiger partial charge in [0.2, 0.25) is 0 Å². The Labute approximate surface area is 147 Å². The summed E-state index contributed by atoms with van der Waals surface area (Å²) in [5, 5.41) is 10.5. The Morgan fingerprint density at radius 1 is 1.12 bits per heavy atom. The molecule has 1 heterocycles. The zero-order valence-electron chi connectivity index (χ0n) is 15.3. The van der Waals surface area contributed by atoms with Crippen LogP contribution in [0.3, 0.4) is 0 Å². The zero-order valence-corrected chi connectivity index (χ0v) is 15.3. The van der Waals surface area contributed by atoms with Crippen LogP contribution in [0.5, 0.6) is 5.75 Å². The molecule has 3 unspecified atom stereocenters. The first kappa shape index (κ1) is 17.8. The number of para-hydroxylation sites is 1. The van der Waals surface area contributed by atoms with E-state index in [2.05, 4.69) is 30.9 Å². The summed E-state index contributed by atoms with van der Waals surface area (Å²) in [6.07, 6.45) is 7.70. The van der Waals surface area contributed by atoms with Gasteiger partial charge < -0.3 is 9.84 Å². The van der Waals surface area contributed by atoms with Crippen LogP contribution >= 0.6 is 0 Å². The van der Waals surface area contributed by atoms with Gasteiger partial charge in [0.1, 0.15) is 18.5 Å². The van der Waals surface area contributed by atoms with Crippen LogP contribution in [-0.4, -0.2) is 41.8 Å². The number of aliphatic hydroxyl groups excluding tert-OH is 1. The molecule has 1 N–H and O–H groups in total. The largest absolute Gasteiger partial charge is 0.491 e. The molecular weight excluding hydrogens is 298 g/mol. The van der Waals surface area contributed by atoms with Crippen molar-refractivity contribution in [2.75, 3.05) is 19.7 Å². The van der Waals surface area contributed by atoms with Crippen LogP contribution < -0.4 is 4.74 Å². The lowest BCUT2D eigenvalue weighted by molar-refractivity contribution is 0.00641. The number of nitrogens with zero attached hydrogens (tertiary/aromatic N) is 1. The van der Waals surface area contributed by atoms with Gasteiger partial charge in [-0.15, -0.1) is 0 Å². The summed E-state index contributed by atoms with van der Waals surface area (Å²) in [6, 6.07) is 8.88. The van der Waals surface area contributed by atoms with Gasteiger partial charge in [0.05, 0.1) is 0 Å². The van der Waals surface area contributed by atoms with Gasteiger partial charge in [-0.2, -0.15) is 0 Å². The molecule has 1 aliphatic carbocycles. The molecule has 3 atom stereocenters. The molecule has 3 heteroatoms. The number of hydrogen-bond donors (Lipinski definition) is 1. The maximum Gasteiger partial charge on any atom is 0.122 e. The highest BCUT2D eigenvalue weighted by molar-refractivity contribution is 5.35. The number of benzene rings is 1. The van der Waals surface area contributed by atoms with Gasteiger partial charge in [-0.1, -0.05) is 44.9 Å². The lowest BCUT2D eigenvalue weighted by Crippen LogP contribution is -2.50. The summed E-state index contributed by atoms with van der Waals surface area (Å²) in [5.41, 5.74) is 1.22. The van der Waals surface area contributed by atoms with Crippen molar-refractivity contribution in [3.05, 3.63) is 29.8 Å². The summed E-state index contributed by atoms with van der Waals surface area (Å²) in [4.78, 5) is 2.54. The second kappa shape index (κ2) is 8.35. The van der Waals surface area contributed by atoms with Crippen molar-refractivity contribution in [1.29, 1.82) is 0 Å². The minimum absolute atomic E-state index is 0.387. The zero-order chi connectivity index (χ0) is 16.9. The molecule has 1 saturated carbocycles. The van der Waals surface area contributed by atoms with E-state index in [4.69, 9.17) is 4.74 Å². The molecule has 0 spiro atoms. The van der Waals surface area contributed by atoms with Crippen molar-refractivity contribution in [2.45, 2.75) is 70.4 Å². The third-order valence-electron chi connectivity index (χ3n) is 5.78. The van der Waals surface area contributed by atoms with Crippen LogP contribution in [0.25, 0.3) is 0 Å². The predicted octanol–water partition coefficient (Wildman–Crippen LogP) is 4.20. The fraction of sp³-hybridized carbons (Fsp3) is 0.714. The number of β-amino-alcohol motifs (C(OH)–C–C–N with tert-alkyl or cyclic N) is 1. The van der Waals surface area contributed by atoms with E-state index in [1.54, 1.807) is 0 Å². The average molecular weight is 332 g/mol. The Hall–Kier alpha value is -1.06. The molecule has 0 radical (unpaired) electrons. The quantitative estimate of drug-likeness (QED) is 0.848. The highest BCUT2D eigenvalue weighted by atomic mass is 16.5. The van der Waals surface area contributed by atoms with Crippen molar-refractivity contribution in [3.8, 4) is 5.75 Å². The van der Waals surface area contributed by atoms with E-state index < -0.39 is 6.10 Å². The Morgan fingerprint density at radius 3 is 2.71 bits per heavy atom. The van der Waals surface area contributed by atoms with Gasteiger partial charge in [0.15, 0.2) is 0 Å². The lowest BCUT2D eigenvalue weighted by atomic mass is 9.78. The summed E-state index contributed by atoms with van der Waals surface area (Å²) in [6.45, 7) is 6.63. The molecular formula is C21H33NO2. The number of aliphatic hydroxyl groups is 1. The number of fused-ring (bicyclic) bond motifs is 1. The first-order valence-corrected chi connectivity index (χ1v) is 9.79. The molecule has 1 aliphatic heterocycles. The summed E-state index contributed by atoms with van der Waals surface area (Å²) >= 11 is 0. The van der Waals surface area contributed by atoms with Gasteiger partial charge in [-0.05, 0) is 55.7 Å². The Bertz CT molecular complexity index is 514. The molecule has 1 aromatic rings. The molecule has 134 valence electrons. The average Bonchev–Trinajstić information content (AvgIpc) is 2.60. The third-order valence-corrected chi connectivity index (χ3v) is 5.78. The first-order valence-electron chi connectivity index (χ1n) is 9.79. The highest BCUT2D eigenvalue weighted by Crippen LogP contribution is 2.35. The molecule has 0 aromatic heterocycles. The van der Waals surface area contributed by atoms with Crippen LogP contribution in [0.2, 0.25) is 0 Å². The number of hydrogen-bond acceptors (Lipinski definition) is 3. The van der Waals surface area contributed by atoms with Crippen molar-refractivity contribution in [3.63, 3.8) is 0 Å². The van der Waals surface area contributed by atoms with E-state index in [0.717, 1.165) is 24.8 Å². The SMILES string of the molecule is CC(C)c1ccccc1OCC(O)CN1CCCC2CCCCC21. The molecule has 1 aromatic carbocycles. The fourth-order valence-electron chi connectivity index (χ4n) is 4.55. The van der Waals surface area contributed by atoms with E-state index in [1.807, 2.05) is 12.1 Å². The molecule has 3 nitrogen and oxygen atoms in total. The number of piperidine rings is 1. The van der Waals surface area contributed by atoms with E-state index in [1.165, 1.54) is 44.1 Å². The predicted molar refractivity (Wildman–Crippen MR) is 98.6 cm³/mol. The summed E-state index contributed by atoms with van der Waals surface area (Å²) in [5.74, 6) is 2.21. The second-order valence-electron chi connectivity index (χ2n) is 7.91. The van der Waals surface area contributed by atoms with Gasteiger partial charge >= 0.3 is 0 Å². The smallest absolute Gasteiger partial charge is 0.122 e. The van der Waals surface area contributed by atoms with Gasteiger partial charge in [0, 0.05) is 12.6 Å². The van der Waals surface area contributed by atoms with Crippen molar-refractivity contribution in [2.24, 2.45) is 5.92 Å². The Morgan fingerprint density at radius 2 is 1.88 bits per heavy atom. The molecule has 3 rings (SSSR count). The van der Waals surface area contributed by atoms with Gasteiger partial charge in [0.25, 0.3) is 0 Å². The lowest BCUT2D eigenvalue weighted by Gasteiger charge is -2.44. The van der Waals surface area contributed by atoms with Gasteiger partial charge in [-0.25, -0.2) is 0 Å². The highest BCUT2D eigenvalue weighted by Gasteiger charge is 2.33. The summed E-state index contributed by atoms with van der Waals surface area (Å²) in [7, 11) is 0. The normalized spacial score (nSPS) is 26.2. The maximum atomic E-state index is 10.5. The molecule has 0 bridgehead atoms. The second-order valence-corrected chi connectivity index (χ2v) is 7.91. The molecule has 2 fully saturated rings. The molecule has 2 aliphatic rings. The van der Waals surface area contributed by atoms with Crippen LogP contribution in [0.4, 0.5) is 0 Å². The number of likely N-dealkylation sites (tertiary alicyclic amines) is 1. The fourth-order valence-corrected chi connectivity index (χ4v) is 4.55. The molecule has 1 saturated heterocycles. The van der Waals surface area contributed by atoms with E-state index >= 15 is 0 Å². The summed E-state index contributed by atoms with van der Waals surface area (Å²) < 4.78 is 5.96. The standard InChI is InChI=1S/C21H33NO2/c1-16(2)19-10-4-6-12-21(19)24-15-18(23)14-22-13-7-9-17-8-3-5-11-20(17)22/h4,6,10,12,16-18,20,23H,3,5,7-9,11,13-15H2,1-2H3. The molecule has 0 amide bonds. The van der Waals surface area contributed by atoms with Crippen LogP contribution in [0.15, 0.2) is 24.3 Å². The monoisotopic (exact) mass is 331 g/mol. The van der Waals surface area contributed by atoms with Crippen molar-refractivity contribution < 1.29 is 9.84 Å². The minimum Gasteiger partial charge on any atom is -0.491 e. The number of ether oxygens (including phenoxy) is 1. The van der Waals surface area contributed by atoms with Crippen molar-refractivity contribution in [1.82, 2.24) is 4.90 Å². The Balaban J connectivity index is 1.53. The van der Waals surface area contributed by atoms with Crippen molar-refractivity contribution >= 4 is 0 Å². The topological polar surface area (TPSA) is 32.7 Å². The van der Waals surface area contributed by atoms with E-state index in [9.17, 15) is 5.11 Å². The van der Waals surface area contributed by atoms with Gasteiger partial charge in [-0.3, -0.25) is 4.90 Å². The first-order chi connectivity index (χ1) is 11.6. The van der Waals surface area contributed by atoms with Crippen LogP contribution in [0.1, 0.15) is 63.9 Å². The van der Waals surface area contributed by atoms with E-state index in [-0.39, 0.29) is 0 Å². The molecule has 24 heavy (non-hydrogen) atoms. The minimum atomic E-state index is -0.411.